The molecule has 9 heteroatoms. The Labute approximate surface area is 149 Å². The average molecular weight is 364 g/mol. The number of amides is 1. The highest BCUT2D eigenvalue weighted by molar-refractivity contribution is 7.16. The number of methoxy groups -OCH3 is 1. The third-order valence-electron chi connectivity index (χ3n) is 2.96. The number of hydrogen-bond acceptors (Lipinski definition) is 8. The van der Waals surface area contributed by atoms with E-state index in [4.69, 9.17) is 4.74 Å². The predicted molar refractivity (Wildman–Crippen MR) is 92.3 cm³/mol. The molecule has 0 fully saturated rings. The number of alkyl carbamates (subject to hydrolysis) is 1. The van der Waals surface area contributed by atoms with Crippen molar-refractivity contribution in [3.05, 3.63) is 29.2 Å². The molecule has 2 rings (SSSR count). The van der Waals surface area contributed by atoms with Crippen LogP contribution in [-0.2, 0) is 9.47 Å². The minimum atomic E-state index is -0.597. The first-order chi connectivity index (χ1) is 11.7. The van der Waals surface area contributed by atoms with Crippen LogP contribution in [0.1, 0.15) is 49.1 Å². The van der Waals surface area contributed by atoms with Crippen LogP contribution in [0.25, 0.3) is 10.7 Å². The van der Waals surface area contributed by atoms with Gasteiger partial charge in [-0.1, -0.05) is 0 Å². The summed E-state index contributed by atoms with van der Waals surface area (Å²) >= 11 is 1.15. The van der Waals surface area contributed by atoms with Crippen molar-refractivity contribution >= 4 is 23.4 Å². The summed E-state index contributed by atoms with van der Waals surface area (Å²) in [5.74, 6) is -0.464. The van der Waals surface area contributed by atoms with Gasteiger partial charge in [0.1, 0.15) is 21.2 Å². The number of nitrogens with one attached hydrogen (secondary N) is 1. The van der Waals surface area contributed by atoms with Gasteiger partial charge in [0.15, 0.2) is 0 Å². The van der Waals surface area contributed by atoms with Crippen LogP contribution >= 0.6 is 11.3 Å². The predicted octanol–water partition coefficient (Wildman–Crippen LogP) is 2.97. The minimum Gasteiger partial charge on any atom is -0.465 e. The fraction of sp³-hybridized carbons (Fsp3) is 0.438. The quantitative estimate of drug-likeness (QED) is 0.832. The van der Waals surface area contributed by atoms with Crippen LogP contribution in [0.4, 0.5) is 4.79 Å². The van der Waals surface area contributed by atoms with E-state index in [2.05, 4.69) is 25.0 Å². The lowest BCUT2D eigenvalue weighted by Crippen LogP contribution is -2.34. The maximum atomic E-state index is 12.0. The summed E-state index contributed by atoms with van der Waals surface area (Å²) in [5, 5.41) is 3.24. The molecule has 0 aliphatic heterocycles. The van der Waals surface area contributed by atoms with Gasteiger partial charge < -0.3 is 14.8 Å². The molecule has 0 bridgehead atoms. The van der Waals surface area contributed by atoms with Crippen LogP contribution < -0.4 is 5.32 Å². The molecule has 0 aromatic carbocycles. The Morgan fingerprint density at radius 3 is 2.52 bits per heavy atom. The molecule has 0 spiro atoms. The van der Waals surface area contributed by atoms with Gasteiger partial charge in [-0.25, -0.2) is 14.6 Å². The van der Waals surface area contributed by atoms with E-state index in [1.807, 2.05) is 0 Å². The highest BCUT2D eigenvalue weighted by Crippen LogP contribution is 2.28. The summed E-state index contributed by atoms with van der Waals surface area (Å²) < 4.78 is 9.94. The number of esters is 1. The minimum absolute atomic E-state index is 0.363. The van der Waals surface area contributed by atoms with Gasteiger partial charge in [0, 0.05) is 12.4 Å². The maximum absolute atomic E-state index is 12.0. The molecule has 8 nitrogen and oxygen atoms in total. The van der Waals surface area contributed by atoms with Gasteiger partial charge in [0.2, 0.25) is 0 Å². The van der Waals surface area contributed by atoms with E-state index in [1.54, 1.807) is 27.7 Å². The summed E-state index contributed by atoms with van der Waals surface area (Å²) in [4.78, 5) is 36.7. The largest absolute Gasteiger partial charge is 0.465 e. The van der Waals surface area contributed by atoms with Crippen molar-refractivity contribution < 1.29 is 19.1 Å². The number of carbonyl (C=O) groups is 2. The van der Waals surface area contributed by atoms with E-state index in [-0.39, 0.29) is 0 Å². The van der Waals surface area contributed by atoms with E-state index >= 15 is 0 Å². The smallest absolute Gasteiger partial charge is 0.408 e. The van der Waals surface area contributed by atoms with Crippen molar-refractivity contribution in [2.75, 3.05) is 7.11 Å². The average Bonchev–Trinajstić information content (AvgIpc) is 3.02. The molecule has 1 unspecified atom stereocenters. The zero-order valence-electron chi connectivity index (χ0n) is 14.7. The number of thiazole rings is 1. The van der Waals surface area contributed by atoms with Crippen molar-refractivity contribution in [1.82, 2.24) is 20.3 Å². The monoisotopic (exact) mass is 364 g/mol. The normalized spacial score (nSPS) is 12.4. The van der Waals surface area contributed by atoms with Crippen LogP contribution in [0.3, 0.4) is 0 Å². The molecule has 0 radical (unpaired) electrons. The molecule has 2 aromatic heterocycles. The summed E-state index contributed by atoms with van der Waals surface area (Å²) in [6, 6.07) is -0.455. The van der Waals surface area contributed by atoms with Crippen molar-refractivity contribution in [3.63, 3.8) is 0 Å². The van der Waals surface area contributed by atoms with E-state index in [0.29, 0.717) is 21.3 Å². The zero-order valence-corrected chi connectivity index (χ0v) is 15.5. The molecule has 2 aromatic rings. The van der Waals surface area contributed by atoms with E-state index in [1.165, 1.54) is 25.7 Å². The molecular weight excluding hydrogens is 344 g/mol. The Bertz CT molecular complexity index is 769. The summed E-state index contributed by atoms with van der Waals surface area (Å²) in [7, 11) is 1.31. The Hall–Kier alpha value is -2.55. The molecule has 1 amide bonds. The van der Waals surface area contributed by atoms with Gasteiger partial charge in [-0.15, -0.1) is 11.3 Å². The summed E-state index contributed by atoms with van der Waals surface area (Å²) in [5.41, 5.74) is 0.421. The SMILES string of the molecule is COC(=O)c1cnc(-c2nccnc2C(C)NC(=O)OC(C)(C)C)s1. The van der Waals surface area contributed by atoms with Crippen molar-refractivity contribution in [3.8, 4) is 10.7 Å². The van der Waals surface area contributed by atoms with Crippen molar-refractivity contribution in [1.29, 1.82) is 0 Å². The van der Waals surface area contributed by atoms with Gasteiger partial charge in [-0.05, 0) is 27.7 Å². The first kappa shape index (κ1) is 18.8. The van der Waals surface area contributed by atoms with E-state index in [9.17, 15) is 9.59 Å². The van der Waals surface area contributed by atoms with E-state index in [0.717, 1.165) is 11.3 Å². The summed E-state index contributed by atoms with van der Waals surface area (Å²) in [6.45, 7) is 7.13. The fourth-order valence-corrected chi connectivity index (χ4v) is 2.80. The lowest BCUT2D eigenvalue weighted by molar-refractivity contribution is 0.0506. The molecule has 0 saturated heterocycles. The van der Waals surface area contributed by atoms with Gasteiger partial charge in [-0.2, -0.15) is 0 Å². The van der Waals surface area contributed by atoms with Crippen LogP contribution in [0, 0.1) is 0 Å². The maximum Gasteiger partial charge on any atom is 0.408 e. The number of aromatic nitrogens is 3. The van der Waals surface area contributed by atoms with Crippen LogP contribution in [0.15, 0.2) is 18.6 Å². The molecule has 1 atom stereocenters. The number of rotatable bonds is 4. The second-order valence-electron chi connectivity index (χ2n) is 6.18. The second kappa shape index (κ2) is 7.56. The molecule has 25 heavy (non-hydrogen) atoms. The number of hydrogen-bond donors (Lipinski definition) is 1. The number of ether oxygens (including phenoxy) is 2. The zero-order chi connectivity index (χ0) is 18.6. The Balaban J connectivity index is 2.24. The standard InChI is InChI=1S/C16H20N4O4S/c1-9(20-15(22)24-16(2,3)4)11-12(18-7-6-17-11)13-19-8-10(25-13)14(21)23-5/h6-9H,1-5H3,(H,20,22). The lowest BCUT2D eigenvalue weighted by Gasteiger charge is -2.22. The Morgan fingerprint density at radius 1 is 1.20 bits per heavy atom. The lowest BCUT2D eigenvalue weighted by atomic mass is 10.2. The van der Waals surface area contributed by atoms with Crippen molar-refractivity contribution in [2.45, 2.75) is 39.3 Å². The topological polar surface area (TPSA) is 103 Å². The van der Waals surface area contributed by atoms with Crippen LogP contribution in [-0.4, -0.2) is 39.7 Å². The van der Waals surface area contributed by atoms with Crippen LogP contribution in [0.5, 0.6) is 0 Å². The highest BCUT2D eigenvalue weighted by atomic mass is 32.1. The summed E-state index contributed by atoms with van der Waals surface area (Å²) in [6.07, 6.45) is 3.93. The number of carbonyl (C=O) groups excluding carboxylic acids is 2. The third-order valence-corrected chi connectivity index (χ3v) is 3.95. The first-order valence-electron chi connectivity index (χ1n) is 7.56. The molecular formula is C16H20N4O4S. The third kappa shape index (κ3) is 4.96. The number of nitrogens with zero attached hydrogens (tertiary/aromatic N) is 3. The fourth-order valence-electron chi connectivity index (χ4n) is 1.96. The molecule has 0 aliphatic carbocycles. The van der Waals surface area contributed by atoms with Gasteiger partial charge in [0.05, 0.1) is 25.0 Å². The molecule has 134 valence electrons. The van der Waals surface area contributed by atoms with Crippen LogP contribution in [0.2, 0.25) is 0 Å². The Morgan fingerprint density at radius 2 is 1.88 bits per heavy atom. The van der Waals surface area contributed by atoms with Gasteiger partial charge in [-0.3, -0.25) is 9.97 Å². The van der Waals surface area contributed by atoms with Crippen molar-refractivity contribution in [2.24, 2.45) is 0 Å². The van der Waals surface area contributed by atoms with E-state index < -0.39 is 23.7 Å². The molecule has 0 aliphatic rings. The molecule has 2 heterocycles. The highest BCUT2D eigenvalue weighted by Gasteiger charge is 2.23. The molecule has 1 N–H and O–H groups in total. The second-order valence-corrected chi connectivity index (χ2v) is 7.21. The van der Waals surface area contributed by atoms with Gasteiger partial charge in [0.25, 0.3) is 0 Å². The molecule has 0 saturated carbocycles. The van der Waals surface area contributed by atoms with Gasteiger partial charge >= 0.3 is 12.1 Å². The Kier molecular flexibility index (Phi) is 5.68. The first-order valence-corrected chi connectivity index (χ1v) is 8.38.